The van der Waals surface area contributed by atoms with E-state index in [0.717, 1.165) is 16.8 Å². The van der Waals surface area contributed by atoms with Crippen LogP contribution in [0.25, 0.3) is 0 Å². The highest BCUT2D eigenvalue weighted by molar-refractivity contribution is 5.75. The van der Waals surface area contributed by atoms with Gasteiger partial charge in [0.15, 0.2) is 0 Å². The molecular formula is C22H28F2N4O3. The minimum absolute atomic E-state index is 0.0720. The first-order valence-electron chi connectivity index (χ1n) is 10.4. The molecule has 0 fully saturated rings. The first-order valence-corrected chi connectivity index (χ1v) is 10.4. The van der Waals surface area contributed by atoms with E-state index in [-0.39, 0.29) is 30.3 Å². The van der Waals surface area contributed by atoms with Crippen molar-refractivity contribution in [2.45, 2.75) is 52.3 Å². The van der Waals surface area contributed by atoms with E-state index in [1.165, 1.54) is 12.1 Å². The Labute approximate surface area is 180 Å². The Balaban J connectivity index is 1.64. The van der Waals surface area contributed by atoms with Gasteiger partial charge in [0.05, 0.1) is 18.3 Å². The number of alkyl halides is 2. The highest BCUT2D eigenvalue weighted by Crippen LogP contribution is 2.23. The number of carbonyl (C=O) groups is 1. The Kier molecular flexibility index (Phi) is 7.73. The van der Waals surface area contributed by atoms with Crippen LogP contribution in [0.15, 0.2) is 30.5 Å². The van der Waals surface area contributed by atoms with Gasteiger partial charge in [0.25, 0.3) is 0 Å². The molecule has 2 N–H and O–H groups in total. The molecule has 0 unspecified atom stereocenters. The van der Waals surface area contributed by atoms with Crippen LogP contribution in [0.2, 0.25) is 0 Å². The molecule has 1 aliphatic rings. The number of aliphatic hydroxyl groups is 1. The number of hydrogen-bond acceptors (Lipinski definition) is 5. The lowest BCUT2D eigenvalue weighted by Crippen LogP contribution is -2.44. The van der Waals surface area contributed by atoms with Crippen molar-refractivity contribution in [2.75, 3.05) is 13.2 Å². The fourth-order valence-electron chi connectivity index (χ4n) is 3.54. The molecule has 1 aliphatic heterocycles. The summed E-state index contributed by atoms with van der Waals surface area (Å²) in [5.41, 5.74) is 2.68. The number of benzene rings is 1. The molecular weight excluding hydrogens is 406 g/mol. The van der Waals surface area contributed by atoms with Gasteiger partial charge in [-0.3, -0.25) is 0 Å². The summed E-state index contributed by atoms with van der Waals surface area (Å²) in [6.07, 6.45) is 3.72. The van der Waals surface area contributed by atoms with E-state index in [9.17, 15) is 18.7 Å². The number of hydrogen-bond donors (Lipinski definition) is 2. The summed E-state index contributed by atoms with van der Waals surface area (Å²) in [6, 6.07) is 5.85. The minimum atomic E-state index is -2.87. The molecule has 2 aromatic rings. The van der Waals surface area contributed by atoms with Gasteiger partial charge < -0.3 is 20.1 Å². The van der Waals surface area contributed by atoms with E-state index in [1.54, 1.807) is 17.0 Å². The highest BCUT2D eigenvalue weighted by Gasteiger charge is 2.24. The molecule has 168 valence electrons. The van der Waals surface area contributed by atoms with Crippen molar-refractivity contribution in [1.82, 2.24) is 20.2 Å². The molecule has 7 nitrogen and oxygen atoms in total. The van der Waals surface area contributed by atoms with Gasteiger partial charge in [0.2, 0.25) is 0 Å². The molecule has 0 saturated carbocycles. The first-order chi connectivity index (χ1) is 14.9. The van der Waals surface area contributed by atoms with E-state index >= 15 is 0 Å². The number of urea groups is 1. The first kappa shape index (κ1) is 22.9. The smallest absolute Gasteiger partial charge is 0.387 e. The average molecular weight is 434 g/mol. The zero-order chi connectivity index (χ0) is 22.4. The fraction of sp³-hybridized carbons (Fsp3) is 0.500. The number of halogens is 2. The lowest BCUT2D eigenvalue weighted by atomic mass is 10.0. The highest BCUT2D eigenvalue weighted by atomic mass is 19.3. The Morgan fingerprint density at radius 3 is 2.71 bits per heavy atom. The Morgan fingerprint density at radius 1 is 1.32 bits per heavy atom. The number of nitrogens with one attached hydrogen (secondary N) is 1. The molecule has 3 rings (SSSR count). The zero-order valence-electron chi connectivity index (χ0n) is 17.7. The van der Waals surface area contributed by atoms with Crippen LogP contribution in [0.5, 0.6) is 5.75 Å². The maximum atomic E-state index is 12.9. The standard InChI is InChI=1S/C22H28F2N4O3/c1-3-18(15-4-6-17(7-5-15)31-21(23)24)27-22(30)28-9-8-16-11-25-20(10-14(2)13-29)26-19(16)12-28/h4-7,11,14,18,21,29H,3,8-10,12-13H2,1-2H3,(H,27,30)/t14-,18-/m1/s1. The molecule has 0 radical (unpaired) electrons. The van der Waals surface area contributed by atoms with Crippen molar-refractivity contribution in [2.24, 2.45) is 5.92 Å². The third-order valence-electron chi connectivity index (χ3n) is 5.34. The molecule has 2 atom stereocenters. The molecule has 0 spiro atoms. The van der Waals surface area contributed by atoms with Crippen LogP contribution in [-0.4, -0.2) is 45.8 Å². The van der Waals surface area contributed by atoms with E-state index in [2.05, 4.69) is 20.0 Å². The molecule has 1 aromatic heterocycles. The molecule has 2 amide bonds. The maximum Gasteiger partial charge on any atom is 0.387 e. The van der Waals surface area contributed by atoms with E-state index in [4.69, 9.17) is 0 Å². The Morgan fingerprint density at radius 2 is 2.06 bits per heavy atom. The fourth-order valence-corrected chi connectivity index (χ4v) is 3.54. The molecule has 0 saturated heterocycles. The van der Waals surface area contributed by atoms with E-state index in [1.807, 2.05) is 20.0 Å². The van der Waals surface area contributed by atoms with Gasteiger partial charge in [-0.25, -0.2) is 14.8 Å². The number of fused-ring (bicyclic) bond motifs is 1. The second kappa shape index (κ2) is 10.5. The van der Waals surface area contributed by atoms with Gasteiger partial charge in [-0.15, -0.1) is 0 Å². The van der Waals surface area contributed by atoms with Crippen LogP contribution < -0.4 is 10.1 Å². The normalized spacial score (nSPS) is 15.4. The van der Waals surface area contributed by atoms with Crippen LogP contribution >= 0.6 is 0 Å². The van der Waals surface area contributed by atoms with Gasteiger partial charge in [-0.1, -0.05) is 26.0 Å². The predicted octanol–water partition coefficient (Wildman–Crippen LogP) is 3.47. The monoisotopic (exact) mass is 434 g/mol. The van der Waals surface area contributed by atoms with Crippen LogP contribution in [0.3, 0.4) is 0 Å². The van der Waals surface area contributed by atoms with Crippen LogP contribution in [0.4, 0.5) is 13.6 Å². The van der Waals surface area contributed by atoms with Gasteiger partial charge in [-0.05, 0) is 42.0 Å². The summed E-state index contributed by atoms with van der Waals surface area (Å²) in [6.45, 7) is 2.03. The predicted molar refractivity (Wildman–Crippen MR) is 111 cm³/mol. The number of nitrogens with zero attached hydrogens (tertiary/aromatic N) is 3. The topological polar surface area (TPSA) is 87.6 Å². The molecule has 9 heteroatoms. The maximum absolute atomic E-state index is 12.9. The summed E-state index contributed by atoms with van der Waals surface area (Å²) >= 11 is 0. The van der Waals surface area contributed by atoms with Crippen molar-refractivity contribution in [1.29, 1.82) is 0 Å². The number of carbonyl (C=O) groups excluding carboxylic acids is 1. The summed E-state index contributed by atoms with van der Waals surface area (Å²) in [4.78, 5) is 23.6. The van der Waals surface area contributed by atoms with Crippen molar-refractivity contribution >= 4 is 6.03 Å². The molecule has 31 heavy (non-hydrogen) atoms. The van der Waals surface area contributed by atoms with Crippen LogP contribution in [0.1, 0.15) is 49.0 Å². The lowest BCUT2D eigenvalue weighted by molar-refractivity contribution is -0.0498. The Hall–Kier alpha value is -2.81. The molecule has 2 heterocycles. The van der Waals surface area contributed by atoms with Crippen LogP contribution in [-0.2, 0) is 19.4 Å². The number of rotatable bonds is 8. The van der Waals surface area contributed by atoms with Crippen LogP contribution in [0, 0.1) is 5.92 Å². The largest absolute Gasteiger partial charge is 0.435 e. The summed E-state index contributed by atoms with van der Waals surface area (Å²) < 4.78 is 29.0. The summed E-state index contributed by atoms with van der Waals surface area (Å²) in [5, 5.41) is 12.3. The quantitative estimate of drug-likeness (QED) is 0.664. The zero-order valence-corrected chi connectivity index (χ0v) is 17.7. The van der Waals surface area contributed by atoms with Gasteiger partial charge >= 0.3 is 12.6 Å². The summed E-state index contributed by atoms with van der Waals surface area (Å²) in [7, 11) is 0. The second-order valence-corrected chi connectivity index (χ2v) is 7.78. The van der Waals surface area contributed by atoms with Crippen molar-refractivity contribution < 1.29 is 23.4 Å². The van der Waals surface area contributed by atoms with Gasteiger partial charge in [0, 0.05) is 25.8 Å². The van der Waals surface area contributed by atoms with E-state index in [0.29, 0.717) is 38.2 Å². The molecule has 0 bridgehead atoms. The SMILES string of the molecule is CC[C@@H](NC(=O)N1CCc2cnc(C[C@@H](C)CO)nc2C1)c1ccc(OC(F)F)cc1. The van der Waals surface area contributed by atoms with Crippen molar-refractivity contribution in [3.8, 4) is 5.75 Å². The average Bonchev–Trinajstić information content (AvgIpc) is 2.77. The van der Waals surface area contributed by atoms with Gasteiger partial charge in [-0.2, -0.15) is 8.78 Å². The minimum Gasteiger partial charge on any atom is -0.435 e. The number of aromatic nitrogens is 2. The van der Waals surface area contributed by atoms with Crippen molar-refractivity contribution in [3.05, 3.63) is 53.1 Å². The molecule has 1 aromatic carbocycles. The number of amides is 2. The lowest BCUT2D eigenvalue weighted by Gasteiger charge is -2.30. The third-order valence-corrected chi connectivity index (χ3v) is 5.34. The second-order valence-electron chi connectivity index (χ2n) is 7.78. The van der Waals surface area contributed by atoms with Crippen molar-refractivity contribution in [3.63, 3.8) is 0 Å². The molecule has 0 aliphatic carbocycles. The van der Waals surface area contributed by atoms with Gasteiger partial charge in [0.1, 0.15) is 11.6 Å². The number of ether oxygens (including phenoxy) is 1. The third kappa shape index (κ3) is 6.10. The Bertz CT molecular complexity index is 880. The van der Waals surface area contributed by atoms with E-state index < -0.39 is 6.61 Å². The summed E-state index contributed by atoms with van der Waals surface area (Å²) in [5.74, 6) is 0.822. The number of aliphatic hydroxyl groups excluding tert-OH is 1.